The molecule has 0 aliphatic heterocycles. The number of benzene rings is 1. The van der Waals surface area contributed by atoms with Crippen molar-refractivity contribution < 1.29 is 34.2 Å². The van der Waals surface area contributed by atoms with Gasteiger partial charge in [-0.05, 0) is 37.0 Å². The Kier molecular flexibility index (Phi) is 12.2. The van der Waals surface area contributed by atoms with Crippen molar-refractivity contribution in [2.75, 3.05) is 13.1 Å². The maximum atomic E-state index is 12.9. The number of carbonyl (C=O) groups is 5. The van der Waals surface area contributed by atoms with Crippen LogP contribution in [0.25, 0.3) is 0 Å². The Labute approximate surface area is 206 Å². The number of nitrogens with one attached hydrogen (secondary N) is 3. The summed E-state index contributed by atoms with van der Waals surface area (Å²) in [6.45, 7) is -0.597. The van der Waals surface area contributed by atoms with Crippen molar-refractivity contribution in [3.8, 4) is 5.75 Å². The quantitative estimate of drug-likeness (QED) is 0.0636. The number of aliphatic imine (C=N–C) groups is 1. The summed E-state index contributed by atoms with van der Waals surface area (Å²) in [6, 6.07) is 2.33. The third-order valence-electron chi connectivity index (χ3n) is 4.76. The lowest BCUT2D eigenvalue weighted by Gasteiger charge is -2.23. The Morgan fingerprint density at radius 1 is 0.917 bits per heavy atom. The van der Waals surface area contributed by atoms with E-state index in [1.165, 1.54) is 12.1 Å². The average molecular weight is 509 g/mol. The van der Waals surface area contributed by atoms with Gasteiger partial charge in [-0.25, -0.2) is 0 Å². The van der Waals surface area contributed by atoms with E-state index in [4.69, 9.17) is 28.0 Å². The lowest BCUT2D eigenvalue weighted by Crippen LogP contribution is -2.56. The number of guanidine groups is 1. The molecule has 1 aromatic rings. The second-order valence-electron chi connectivity index (χ2n) is 7.83. The molecule has 1 aromatic carbocycles. The van der Waals surface area contributed by atoms with E-state index in [9.17, 15) is 29.1 Å². The summed E-state index contributed by atoms with van der Waals surface area (Å²) in [6.07, 6.45) is -0.196. The summed E-state index contributed by atoms with van der Waals surface area (Å²) >= 11 is 0. The summed E-state index contributed by atoms with van der Waals surface area (Å²) in [5.74, 6) is -4.82. The molecular formula is C21H32N8O7. The summed E-state index contributed by atoms with van der Waals surface area (Å²) in [4.78, 5) is 63.8. The van der Waals surface area contributed by atoms with Crippen LogP contribution in [-0.2, 0) is 30.4 Å². The molecule has 1 rings (SSSR count). The van der Waals surface area contributed by atoms with Crippen molar-refractivity contribution in [3.05, 3.63) is 29.8 Å². The zero-order valence-corrected chi connectivity index (χ0v) is 19.5. The monoisotopic (exact) mass is 508 g/mol. The van der Waals surface area contributed by atoms with Crippen LogP contribution in [0.2, 0.25) is 0 Å². The molecule has 13 N–H and O–H groups in total. The normalized spacial score (nSPS) is 12.9. The van der Waals surface area contributed by atoms with Crippen LogP contribution < -0.4 is 38.9 Å². The molecule has 0 saturated heterocycles. The van der Waals surface area contributed by atoms with Crippen molar-refractivity contribution in [2.45, 2.75) is 43.8 Å². The molecule has 3 unspecified atom stereocenters. The predicted octanol–water partition coefficient (Wildman–Crippen LogP) is -3.64. The second-order valence-corrected chi connectivity index (χ2v) is 7.83. The van der Waals surface area contributed by atoms with Gasteiger partial charge >= 0.3 is 5.97 Å². The van der Waals surface area contributed by atoms with Gasteiger partial charge in [0.1, 0.15) is 24.4 Å². The number of aliphatic carboxylic acids is 1. The smallest absolute Gasteiger partial charge is 0.322 e. The fraction of sp³-hybridized carbons (Fsp3) is 0.429. The molecule has 36 heavy (non-hydrogen) atoms. The maximum absolute atomic E-state index is 12.9. The SMILES string of the molecule is NC(=O)CC(NC(=O)C(CCCN=C(N)N)NC(=O)C(N)Cc1ccc(O)cc1)C(=O)NCC(=O)O. The first-order valence-corrected chi connectivity index (χ1v) is 10.9. The third-order valence-corrected chi connectivity index (χ3v) is 4.76. The number of phenols is 1. The van der Waals surface area contributed by atoms with E-state index in [1.807, 2.05) is 0 Å². The third kappa shape index (κ3) is 11.6. The van der Waals surface area contributed by atoms with Gasteiger partial charge in [-0.15, -0.1) is 0 Å². The fourth-order valence-electron chi connectivity index (χ4n) is 3.00. The van der Waals surface area contributed by atoms with Crippen LogP contribution in [0.1, 0.15) is 24.8 Å². The van der Waals surface area contributed by atoms with Crippen LogP contribution >= 0.6 is 0 Å². The molecule has 15 heteroatoms. The number of nitrogens with zero attached hydrogens (tertiary/aromatic N) is 1. The number of nitrogens with two attached hydrogens (primary N) is 4. The molecule has 15 nitrogen and oxygen atoms in total. The maximum Gasteiger partial charge on any atom is 0.322 e. The Morgan fingerprint density at radius 3 is 2.08 bits per heavy atom. The average Bonchev–Trinajstić information content (AvgIpc) is 2.79. The van der Waals surface area contributed by atoms with Crippen LogP contribution in [0.4, 0.5) is 0 Å². The van der Waals surface area contributed by atoms with E-state index in [-0.39, 0.29) is 37.5 Å². The summed E-state index contributed by atoms with van der Waals surface area (Å²) < 4.78 is 0. The summed E-state index contributed by atoms with van der Waals surface area (Å²) in [7, 11) is 0. The minimum Gasteiger partial charge on any atom is -0.508 e. The second kappa shape index (κ2) is 14.8. The molecule has 0 aliphatic carbocycles. The fourth-order valence-corrected chi connectivity index (χ4v) is 3.00. The minimum atomic E-state index is -1.47. The number of phenolic OH excluding ortho intramolecular Hbond substituents is 1. The number of carboxylic acids is 1. The number of amides is 4. The van der Waals surface area contributed by atoms with Crippen LogP contribution in [-0.4, -0.2) is 77.0 Å². The Balaban J connectivity index is 2.94. The van der Waals surface area contributed by atoms with Crippen molar-refractivity contribution >= 4 is 35.6 Å². The highest BCUT2D eigenvalue weighted by Crippen LogP contribution is 2.11. The van der Waals surface area contributed by atoms with Gasteiger partial charge in [0.2, 0.25) is 23.6 Å². The summed E-state index contributed by atoms with van der Waals surface area (Å²) in [5, 5.41) is 25.0. The Bertz CT molecular complexity index is 964. The molecule has 0 saturated carbocycles. The highest BCUT2D eigenvalue weighted by atomic mass is 16.4. The number of aromatic hydroxyl groups is 1. The van der Waals surface area contributed by atoms with Gasteiger partial charge < -0.3 is 49.1 Å². The van der Waals surface area contributed by atoms with Gasteiger partial charge in [-0.2, -0.15) is 0 Å². The van der Waals surface area contributed by atoms with Crippen molar-refractivity contribution in [1.29, 1.82) is 0 Å². The Morgan fingerprint density at radius 2 is 1.53 bits per heavy atom. The minimum absolute atomic E-state index is 0.0420. The lowest BCUT2D eigenvalue weighted by molar-refractivity contribution is -0.138. The largest absolute Gasteiger partial charge is 0.508 e. The standard InChI is InChI=1S/C21H32N8O7/c22-13(8-11-3-5-12(30)6-4-11)18(34)28-14(2-1-7-26-21(24)25)20(36)29-15(9-16(23)31)19(35)27-10-17(32)33/h3-6,13-15,30H,1-2,7-10,22H2,(H2,23,31)(H,27,35)(H,28,34)(H,29,36)(H,32,33)(H4,24,25,26). The van der Waals surface area contributed by atoms with Gasteiger partial charge in [-0.1, -0.05) is 12.1 Å². The van der Waals surface area contributed by atoms with Gasteiger partial charge in [0.05, 0.1) is 12.5 Å². The van der Waals surface area contributed by atoms with E-state index in [0.717, 1.165) is 0 Å². The first-order chi connectivity index (χ1) is 16.9. The van der Waals surface area contributed by atoms with Crippen molar-refractivity contribution in [1.82, 2.24) is 16.0 Å². The molecule has 0 heterocycles. The number of hydrogen-bond acceptors (Lipinski definition) is 8. The number of hydrogen-bond donors (Lipinski definition) is 9. The first kappa shape index (κ1) is 29.6. The van der Waals surface area contributed by atoms with Gasteiger partial charge in [0, 0.05) is 6.54 Å². The van der Waals surface area contributed by atoms with Gasteiger partial charge in [0.15, 0.2) is 5.96 Å². The molecule has 0 aromatic heterocycles. The van der Waals surface area contributed by atoms with Crippen LogP contribution in [0, 0.1) is 0 Å². The molecule has 0 radical (unpaired) electrons. The van der Waals surface area contributed by atoms with E-state index in [0.29, 0.717) is 5.56 Å². The number of carboxylic acid groups (broad SMARTS) is 1. The molecule has 0 fully saturated rings. The van der Waals surface area contributed by atoms with Crippen LogP contribution in [0.15, 0.2) is 29.3 Å². The topological polar surface area (TPSA) is 278 Å². The van der Waals surface area contributed by atoms with Gasteiger partial charge in [0.25, 0.3) is 0 Å². The first-order valence-electron chi connectivity index (χ1n) is 10.9. The number of primary amides is 1. The predicted molar refractivity (Wildman–Crippen MR) is 128 cm³/mol. The molecule has 0 spiro atoms. The van der Waals surface area contributed by atoms with Crippen molar-refractivity contribution in [2.24, 2.45) is 27.9 Å². The molecule has 3 atom stereocenters. The molecular weight excluding hydrogens is 476 g/mol. The van der Waals surface area contributed by atoms with E-state index in [2.05, 4.69) is 20.9 Å². The van der Waals surface area contributed by atoms with Crippen molar-refractivity contribution in [3.63, 3.8) is 0 Å². The molecule has 4 amide bonds. The molecule has 198 valence electrons. The van der Waals surface area contributed by atoms with Crippen LogP contribution in [0.5, 0.6) is 5.75 Å². The van der Waals surface area contributed by atoms with E-state index < -0.39 is 60.7 Å². The van der Waals surface area contributed by atoms with E-state index in [1.54, 1.807) is 12.1 Å². The number of carbonyl (C=O) groups excluding carboxylic acids is 4. The van der Waals surface area contributed by atoms with Crippen LogP contribution in [0.3, 0.4) is 0 Å². The summed E-state index contributed by atoms with van der Waals surface area (Å²) in [5.41, 5.74) is 22.3. The highest BCUT2D eigenvalue weighted by molar-refractivity contribution is 5.95. The van der Waals surface area contributed by atoms with E-state index >= 15 is 0 Å². The lowest BCUT2D eigenvalue weighted by atomic mass is 10.0. The zero-order valence-electron chi connectivity index (χ0n) is 19.5. The number of rotatable bonds is 15. The molecule has 0 bridgehead atoms. The molecule has 0 aliphatic rings. The van der Waals surface area contributed by atoms with Gasteiger partial charge in [-0.3, -0.25) is 29.0 Å². The highest BCUT2D eigenvalue weighted by Gasteiger charge is 2.29. The zero-order chi connectivity index (χ0) is 27.3. The Hall–Kier alpha value is -4.40.